The summed E-state index contributed by atoms with van der Waals surface area (Å²) in [6, 6.07) is 1.39. The average molecular weight is 228 g/mol. The van der Waals surface area contributed by atoms with Crippen molar-refractivity contribution >= 4 is 0 Å². The smallest absolute Gasteiger partial charge is 0.0217 e. The van der Waals surface area contributed by atoms with Crippen molar-refractivity contribution < 1.29 is 0 Å². The van der Waals surface area contributed by atoms with Gasteiger partial charge in [0.25, 0.3) is 0 Å². The molecular formula is C14H32N2. The maximum absolute atomic E-state index is 3.57. The summed E-state index contributed by atoms with van der Waals surface area (Å²) in [7, 11) is 2.27. The number of hydrogen-bond donors (Lipinski definition) is 1. The molecule has 16 heavy (non-hydrogen) atoms. The topological polar surface area (TPSA) is 15.3 Å². The summed E-state index contributed by atoms with van der Waals surface area (Å²) in [6.45, 7) is 13.7. The van der Waals surface area contributed by atoms with Crippen LogP contribution in [0.2, 0.25) is 0 Å². The van der Waals surface area contributed by atoms with E-state index in [9.17, 15) is 0 Å². The van der Waals surface area contributed by atoms with Gasteiger partial charge in [-0.25, -0.2) is 0 Å². The zero-order valence-corrected chi connectivity index (χ0v) is 12.2. The molecule has 0 spiro atoms. The van der Waals surface area contributed by atoms with Crippen LogP contribution in [0, 0.1) is 5.92 Å². The molecule has 0 saturated carbocycles. The third-order valence-electron chi connectivity index (χ3n) is 3.38. The van der Waals surface area contributed by atoms with E-state index in [2.05, 4.69) is 51.9 Å². The molecular weight excluding hydrogens is 196 g/mol. The fourth-order valence-electron chi connectivity index (χ4n) is 2.10. The summed E-state index contributed by atoms with van der Waals surface area (Å²) in [6.07, 6.45) is 3.81. The Morgan fingerprint density at radius 1 is 1.06 bits per heavy atom. The van der Waals surface area contributed by atoms with E-state index >= 15 is 0 Å². The second kappa shape index (κ2) is 9.00. The third-order valence-corrected chi connectivity index (χ3v) is 3.38. The maximum Gasteiger partial charge on any atom is 0.0217 e. The maximum atomic E-state index is 3.57. The van der Waals surface area contributed by atoms with Crippen molar-refractivity contribution in [1.29, 1.82) is 0 Å². The first-order valence-corrected chi connectivity index (χ1v) is 6.95. The van der Waals surface area contributed by atoms with Gasteiger partial charge in [0.05, 0.1) is 0 Å². The monoisotopic (exact) mass is 228 g/mol. The standard InChI is InChI=1S/C14H32N2/c1-7-9-13(5)16(6)14(8-2)11-15-10-12(3)4/h12-15H,7-11H2,1-6H3. The highest BCUT2D eigenvalue weighted by atomic mass is 15.2. The van der Waals surface area contributed by atoms with Crippen LogP contribution in [0.5, 0.6) is 0 Å². The zero-order chi connectivity index (χ0) is 12.6. The van der Waals surface area contributed by atoms with Crippen LogP contribution < -0.4 is 5.32 Å². The Labute approximate surface area is 103 Å². The lowest BCUT2D eigenvalue weighted by atomic mass is 10.1. The molecule has 0 bridgehead atoms. The van der Waals surface area contributed by atoms with E-state index in [1.165, 1.54) is 19.3 Å². The van der Waals surface area contributed by atoms with Gasteiger partial charge in [-0.2, -0.15) is 0 Å². The van der Waals surface area contributed by atoms with Crippen LogP contribution in [0.1, 0.15) is 53.9 Å². The van der Waals surface area contributed by atoms with E-state index in [0.717, 1.165) is 19.0 Å². The Hall–Kier alpha value is -0.0800. The van der Waals surface area contributed by atoms with E-state index in [1.54, 1.807) is 0 Å². The van der Waals surface area contributed by atoms with E-state index in [4.69, 9.17) is 0 Å². The van der Waals surface area contributed by atoms with Gasteiger partial charge in [-0.3, -0.25) is 4.90 Å². The van der Waals surface area contributed by atoms with E-state index in [0.29, 0.717) is 12.1 Å². The van der Waals surface area contributed by atoms with E-state index in [1.807, 2.05) is 0 Å². The van der Waals surface area contributed by atoms with E-state index < -0.39 is 0 Å². The van der Waals surface area contributed by atoms with Crippen molar-refractivity contribution in [3.63, 3.8) is 0 Å². The molecule has 2 atom stereocenters. The highest BCUT2D eigenvalue weighted by Crippen LogP contribution is 2.10. The van der Waals surface area contributed by atoms with Gasteiger partial charge in [0.1, 0.15) is 0 Å². The van der Waals surface area contributed by atoms with Gasteiger partial charge >= 0.3 is 0 Å². The SMILES string of the molecule is CCCC(C)N(C)C(CC)CNCC(C)C. The Morgan fingerprint density at radius 2 is 1.69 bits per heavy atom. The molecule has 0 aliphatic heterocycles. The van der Waals surface area contributed by atoms with Crippen LogP contribution in [-0.4, -0.2) is 37.1 Å². The van der Waals surface area contributed by atoms with Crippen LogP contribution in [0.3, 0.4) is 0 Å². The van der Waals surface area contributed by atoms with Crippen molar-refractivity contribution in [2.45, 2.75) is 66.0 Å². The van der Waals surface area contributed by atoms with Gasteiger partial charge in [0.15, 0.2) is 0 Å². The van der Waals surface area contributed by atoms with Crippen molar-refractivity contribution in [3.8, 4) is 0 Å². The highest BCUT2D eigenvalue weighted by molar-refractivity contribution is 4.74. The molecule has 2 unspecified atom stereocenters. The number of rotatable bonds is 9. The van der Waals surface area contributed by atoms with Crippen LogP contribution in [0.15, 0.2) is 0 Å². The molecule has 0 saturated heterocycles. The average Bonchev–Trinajstić information content (AvgIpc) is 2.23. The van der Waals surface area contributed by atoms with Crippen molar-refractivity contribution in [1.82, 2.24) is 10.2 Å². The highest BCUT2D eigenvalue weighted by Gasteiger charge is 2.17. The minimum Gasteiger partial charge on any atom is -0.315 e. The number of likely N-dealkylation sites (N-methyl/N-ethyl adjacent to an activating group) is 1. The molecule has 0 radical (unpaired) electrons. The lowest BCUT2D eigenvalue weighted by Gasteiger charge is -2.33. The number of nitrogens with zero attached hydrogens (tertiary/aromatic N) is 1. The van der Waals surface area contributed by atoms with Crippen molar-refractivity contribution in [2.75, 3.05) is 20.1 Å². The van der Waals surface area contributed by atoms with Gasteiger partial charge < -0.3 is 5.32 Å². The van der Waals surface area contributed by atoms with Crippen LogP contribution >= 0.6 is 0 Å². The predicted octanol–water partition coefficient (Wildman–Crippen LogP) is 3.13. The first-order valence-electron chi connectivity index (χ1n) is 6.95. The fraction of sp³-hybridized carbons (Fsp3) is 1.00. The molecule has 0 rings (SSSR count). The van der Waals surface area contributed by atoms with Gasteiger partial charge in [0, 0.05) is 18.6 Å². The second-order valence-electron chi connectivity index (χ2n) is 5.42. The zero-order valence-electron chi connectivity index (χ0n) is 12.2. The van der Waals surface area contributed by atoms with Gasteiger partial charge in [-0.15, -0.1) is 0 Å². The molecule has 0 aliphatic carbocycles. The molecule has 0 aromatic carbocycles. The van der Waals surface area contributed by atoms with Crippen LogP contribution in [0.4, 0.5) is 0 Å². The quantitative estimate of drug-likeness (QED) is 0.652. The second-order valence-corrected chi connectivity index (χ2v) is 5.42. The lowest BCUT2D eigenvalue weighted by Crippen LogP contribution is -2.44. The van der Waals surface area contributed by atoms with Gasteiger partial charge in [-0.1, -0.05) is 34.1 Å². The molecule has 0 fully saturated rings. The molecule has 0 aliphatic rings. The molecule has 2 nitrogen and oxygen atoms in total. The number of hydrogen-bond acceptors (Lipinski definition) is 2. The summed E-state index contributed by atoms with van der Waals surface area (Å²) in [4.78, 5) is 2.54. The minimum atomic E-state index is 0.681. The minimum absolute atomic E-state index is 0.681. The Balaban J connectivity index is 3.95. The Kier molecular flexibility index (Phi) is 8.96. The molecule has 0 heterocycles. The van der Waals surface area contributed by atoms with Crippen molar-refractivity contribution in [2.24, 2.45) is 5.92 Å². The molecule has 2 heteroatoms. The molecule has 0 aromatic heterocycles. The summed E-state index contributed by atoms with van der Waals surface area (Å²) in [5.41, 5.74) is 0. The summed E-state index contributed by atoms with van der Waals surface area (Å²) in [5.74, 6) is 0.746. The van der Waals surface area contributed by atoms with Crippen molar-refractivity contribution in [3.05, 3.63) is 0 Å². The molecule has 0 aromatic rings. The number of nitrogens with one attached hydrogen (secondary N) is 1. The molecule has 1 N–H and O–H groups in total. The van der Waals surface area contributed by atoms with Gasteiger partial charge in [-0.05, 0) is 39.3 Å². The lowest BCUT2D eigenvalue weighted by molar-refractivity contribution is 0.166. The first kappa shape index (κ1) is 15.9. The summed E-state index contributed by atoms with van der Waals surface area (Å²) in [5, 5.41) is 3.57. The fourth-order valence-corrected chi connectivity index (χ4v) is 2.10. The molecule has 98 valence electrons. The first-order chi connectivity index (χ1) is 7.52. The third kappa shape index (κ3) is 6.49. The Morgan fingerprint density at radius 3 is 2.12 bits per heavy atom. The Bertz CT molecular complexity index is 157. The van der Waals surface area contributed by atoms with Gasteiger partial charge in [0.2, 0.25) is 0 Å². The summed E-state index contributed by atoms with van der Waals surface area (Å²) < 4.78 is 0. The normalized spacial score (nSPS) is 15.8. The largest absolute Gasteiger partial charge is 0.315 e. The summed E-state index contributed by atoms with van der Waals surface area (Å²) >= 11 is 0. The molecule has 0 amide bonds. The van der Waals surface area contributed by atoms with Crippen LogP contribution in [-0.2, 0) is 0 Å². The predicted molar refractivity (Wildman–Crippen MR) is 73.9 cm³/mol. The van der Waals surface area contributed by atoms with E-state index in [-0.39, 0.29) is 0 Å². The van der Waals surface area contributed by atoms with Crippen LogP contribution in [0.25, 0.3) is 0 Å².